The summed E-state index contributed by atoms with van der Waals surface area (Å²) in [6.45, 7) is 2.58. The summed E-state index contributed by atoms with van der Waals surface area (Å²) in [5.74, 6) is 0.424. The van der Waals surface area contributed by atoms with Crippen molar-refractivity contribution in [3.05, 3.63) is 29.3 Å². The minimum Gasteiger partial charge on any atom is -0.316 e. The molecule has 1 unspecified atom stereocenters. The Morgan fingerprint density at radius 3 is 2.81 bits per heavy atom. The van der Waals surface area contributed by atoms with E-state index in [9.17, 15) is 8.42 Å². The summed E-state index contributed by atoms with van der Waals surface area (Å²) in [5.41, 5.74) is 2.52. The summed E-state index contributed by atoms with van der Waals surface area (Å²) in [4.78, 5) is 0.453. The molecule has 1 heterocycles. The van der Waals surface area contributed by atoms with Gasteiger partial charge in [0.1, 0.15) is 0 Å². The van der Waals surface area contributed by atoms with Crippen molar-refractivity contribution in [1.29, 1.82) is 0 Å². The SMILES string of the molecule is CN(CC1CCCNC1)S(=O)(=O)c1ccc2c(c1)CCC2. The molecule has 0 saturated carbocycles. The molecule has 4 nitrogen and oxygen atoms in total. The smallest absolute Gasteiger partial charge is 0.242 e. The lowest BCUT2D eigenvalue weighted by Crippen LogP contribution is -2.39. The van der Waals surface area contributed by atoms with E-state index in [1.165, 1.54) is 15.4 Å². The first-order valence-electron chi connectivity index (χ1n) is 7.86. The number of aryl methyl sites for hydroxylation is 2. The van der Waals surface area contributed by atoms with Crippen LogP contribution in [0.15, 0.2) is 23.1 Å². The number of rotatable bonds is 4. The molecule has 1 aromatic carbocycles. The monoisotopic (exact) mass is 308 g/mol. The van der Waals surface area contributed by atoms with Gasteiger partial charge in [0, 0.05) is 13.6 Å². The van der Waals surface area contributed by atoms with Gasteiger partial charge in [-0.25, -0.2) is 12.7 Å². The van der Waals surface area contributed by atoms with E-state index in [1.54, 1.807) is 13.1 Å². The number of hydrogen-bond donors (Lipinski definition) is 1. The van der Waals surface area contributed by atoms with Crippen molar-refractivity contribution in [2.75, 3.05) is 26.7 Å². The third-order valence-corrected chi connectivity index (χ3v) is 6.51. The second kappa shape index (κ2) is 6.07. The Bertz CT molecular complexity index is 607. The molecule has 1 saturated heterocycles. The molecule has 21 heavy (non-hydrogen) atoms. The molecule has 1 fully saturated rings. The fourth-order valence-electron chi connectivity index (χ4n) is 3.43. The molecular weight excluding hydrogens is 284 g/mol. The zero-order valence-electron chi connectivity index (χ0n) is 12.6. The van der Waals surface area contributed by atoms with Gasteiger partial charge in [-0.1, -0.05) is 6.07 Å². The Morgan fingerprint density at radius 2 is 2.05 bits per heavy atom. The third-order valence-electron chi connectivity index (χ3n) is 4.69. The van der Waals surface area contributed by atoms with Crippen molar-refractivity contribution in [2.24, 2.45) is 5.92 Å². The van der Waals surface area contributed by atoms with E-state index >= 15 is 0 Å². The normalized spacial score (nSPS) is 22.5. The zero-order chi connectivity index (χ0) is 14.9. The van der Waals surface area contributed by atoms with Gasteiger partial charge in [0.05, 0.1) is 4.90 Å². The lowest BCUT2D eigenvalue weighted by molar-refractivity contribution is 0.315. The summed E-state index contributed by atoms with van der Waals surface area (Å²) in [5, 5.41) is 3.34. The van der Waals surface area contributed by atoms with Crippen LogP contribution in [-0.2, 0) is 22.9 Å². The highest BCUT2D eigenvalue weighted by atomic mass is 32.2. The van der Waals surface area contributed by atoms with E-state index in [4.69, 9.17) is 0 Å². The maximum absolute atomic E-state index is 12.7. The van der Waals surface area contributed by atoms with Crippen LogP contribution in [0.1, 0.15) is 30.4 Å². The van der Waals surface area contributed by atoms with Crippen molar-refractivity contribution >= 4 is 10.0 Å². The third kappa shape index (κ3) is 3.15. The molecule has 0 radical (unpaired) electrons. The Morgan fingerprint density at radius 1 is 1.24 bits per heavy atom. The number of nitrogens with zero attached hydrogens (tertiary/aromatic N) is 1. The van der Waals surface area contributed by atoms with Gasteiger partial charge >= 0.3 is 0 Å². The number of sulfonamides is 1. The summed E-state index contributed by atoms with van der Waals surface area (Å²) < 4.78 is 27.0. The van der Waals surface area contributed by atoms with E-state index < -0.39 is 10.0 Å². The molecule has 0 spiro atoms. The highest BCUT2D eigenvalue weighted by Gasteiger charge is 2.26. The predicted octanol–water partition coefficient (Wildman–Crippen LogP) is 1.80. The zero-order valence-corrected chi connectivity index (χ0v) is 13.5. The number of piperidine rings is 1. The summed E-state index contributed by atoms with van der Waals surface area (Å²) in [6, 6.07) is 5.65. The average molecular weight is 308 g/mol. The second-order valence-corrected chi connectivity index (χ2v) is 8.33. The van der Waals surface area contributed by atoms with Crippen LogP contribution in [-0.4, -0.2) is 39.4 Å². The van der Waals surface area contributed by atoms with Gasteiger partial charge in [0.15, 0.2) is 0 Å². The number of nitrogens with one attached hydrogen (secondary N) is 1. The average Bonchev–Trinajstić information content (AvgIpc) is 2.95. The standard InChI is InChI=1S/C16H24N2O2S/c1-18(12-13-4-3-9-17-11-13)21(19,20)16-8-7-14-5-2-6-15(14)10-16/h7-8,10,13,17H,2-6,9,11-12H2,1H3. The van der Waals surface area contributed by atoms with Crippen molar-refractivity contribution in [3.63, 3.8) is 0 Å². The van der Waals surface area contributed by atoms with Gasteiger partial charge in [0.2, 0.25) is 10.0 Å². The topological polar surface area (TPSA) is 49.4 Å². The van der Waals surface area contributed by atoms with Gasteiger partial charge in [-0.2, -0.15) is 0 Å². The molecule has 3 rings (SSSR count). The highest BCUT2D eigenvalue weighted by molar-refractivity contribution is 7.89. The molecule has 1 aliphatic heterocycles. The maximum Gasteiger partial charge on any atom is 0.242 e. The minimum absolute atomic E-state index is 0.424. The van der Waals surface area contributed by atoms with Crippen molar-refractivity contribution in [2.45, 2.75) is 37.0 Å². The van der Waals surface area contributed by atoms with Crippen LogP contribution >= 0.6 is 0 Å². The van der Waals surface area contributed by atoms with Crippen LogP contribution in [0.2, 0.25) is 0 Å². The number of benzene rings is 1. The molecule has 1 aromatic rings. The molecule has 2 aliphatic rings. The Labute approximate surface area is 127 Å². The van der Waals surface area contributed by atoms with Gasteiger partial charge in [0.25, 0.3) is 0 Å². The summed E-state index contributed by atoms with van der Waals surface area (Å²) >= 11 is 0. The lowest BCUT2D eigenvalue weighted by Gasteiger charge is -2.27. The molecule has 1 atom stereocenters. The fraction of sp³-hybridized carbons (Fsp3) is 0.625. The van der Waals surface area contributed by atoms with Gasteiger partial charge in [-0.15, -0.1) is 0 Å². The van der Waals surface area contributed by atoms with Crippen LogP contribution in [0.25, 0.3) is 0 Å². The molecule has 0 amide bonds. The Hall–Kier alpha value is -0.910. The molecule has 1 aliphatic carbocycles. The quantitative estimate of drug-likeness (QED) is 0.922. The summed E-state index contributed by atoms with van der Waals surface area (Å²) in [6.07, 6.45) is 5.48. The lowest BCUT2D eigenvalue weighted by atomic mass is 10.00. The van der Waals surface area contributed by atoms with Crippen LogP contribution in [0.3, 0.4) is 0 Å². The fourth-order valence-corrected chi connectivity index (χ4v) is 4.73. The molecular formula is C16H24N2O2S. The number of hydrogen-bond acceptors (Lipinski definition) is 3. The van der Waals surface area contributed by atoms with Gasteiger partial charge in [-0.3, -0.25) is 0 Å². The van der Waals surface area contributed by atoms with Crippen LogP contribution in [0.4, 0.5) is 0 Å². The second-order valence-electron chi connectivity index (χ2n) is 6.28. The van der Waals surface area contributed by atoms with E-state index in [1.807, 2.05) is 12.1 Å². The highest BCUT2D eigenvalue weighted by Crippen LogP contribution is 2.26. The Balaban J connectivity index is 1.75. The Kier molecular flexibility index (Phi) is 4.33. The van der Waals surface area contributed by atoms with E-state index in [0.717, 1.165) is 45.2 Å². The molecule has 116 valence electrons. The van der Waals surface area contributed by atoms with Gasteiger partial charge < -0.3 is 5.32 Å². The molecule has 0 bridgehead atoms. The van der Waals surface area contributed by atoms with E-state index in [2.05, 4.69) is 5.32 Å². The number of fused-ring (bicyclic) bond motifs is 1. The van der Waals surface area contributed by atoms with Crippen molar-refractivity contribution in [1.82, 2.24) is 9.62 Å². The predicted molar refractivity (Wildman–Crippen MR) is 83.9 cm³/mol. The maximum atomic E-state index is 12.7. The minimum atomic E-state index is -3.35. The molecule has 5 heteroatoms. The van der Waals surface area contributed by atoms with Gasteiger partial charge in [-0.05, 0) is 74.4 Å². The van der Waals surface area contributed by atoms with Crippen LogP contribution < -0.4 is 5.32 Å². The first-order chi connectivity index (χ1) is 10.1. The first kappa shape index (κ1) is 15.0. The van der Waals surface area contributed by atoms with Crippen molar-refractivity contribution < 1.29 is 8.42 Å². The van der Waals surface area contributed by atoms with E-state index in [0.29, 0.717) is 17.4 Å². The van der Waals surface area contributed by atoms with Crippen molar-refractivity contribution in [3.8, 4) is 0 Å². The molecule has 0 aromatic heterocycles. The molecule has 1 N–H and O–H groups in total. The largest absolute Gasteiger partial charge is 0.316 e. The van der Waals surface area contributed by atoms with E-state index in [-0.39, 0.29) is 0 Å². The van der Waals surface area contributed by atoms with Crippen LogP contribution in [0, 0.1) is 5.92 Å². The van der Waals surface area contributed by atoms with Crippen LogP contribution in [0.5, 0.6) is 0 Å². The summed E-state index contributed by atoms with van der Waals surface area (Å²) in [7, 11) is -1.65. The first-order valence-corrected chi connectivity index (χ1v) is 9.30.